The fourth-order valence-corrected chi connectivity index (χ4v) is 7.25. The average molecular weight is 678 g/mol. The molecular weight excluding hydrogens is 652 g/mol. The molecule has 1 aliphatic rings. The van der Waals surface area contributed by atoms with Crippen LogP contribution in [0.4, 0.5) is 28.8 Å². The van der Waals surface area contributed by atoms with E-state index in [-0.39, 0.29) is 17.4 Å². The van der Waals surface area contributed by atoms with Gasteiger partial charge >= 0.3 is 0 Å². The first-order chi connectivity index (χ1) is 23.7. The molecule has 0 saturated carbocycles. The Labute approximate surface area is 307 Å². The van der Waals surface area contributed by atoms with Crippen LogP contribution in [0.2, 0.25) is 0 Å². The molecule has 16 radical (unpaired) electrons. The lowest BCUT2D eigenvalue weighted by Gasteiger charge is -2.71. The van der Waals surface area contributed by atoms with Crippen LogP contribution < -0.4 is 25.6 Å². The van der Waals surface area contributed by atoms with Gasteiger partial charge in [0.15, 0.2) is 0 Å². The van der Waals surface area contributed by atoms with Gasteiger partial charge in [-0.15, -0.1) is 0 Å². The number of nitrogens with one attached hydrogen (secondary N) is 2. The monoisotopic (exact) mass is 679 g/mol. The van der Waals surface area contributed by atoms with Crippen LogP contribution in [-0.4, -0.2) is 134 Å². The normalized spacial score (nSPS) is 17.5. The van der Waals surface area contributed by atoms with Crippen LogP contribution in [0.15, 0.2) is 55.2 Å². The number of nitrogens with zero attached hydrogens (tertiary/aromatic N) is 7. The zero-order chi connectivity index (χ0) is 37.3. The zero-order valence-corrected chi connectivity index (χ0v) is 29.5. The third kappa shape index (κ3) is 6.39. The van der Waals surface area contributed by atoms with Crippen molar-refractivity contribution in [2.75, 3.05) is 36.0 Å². The minimum atomic E-state index is -2.84. The Balaban J connectivity index is 1.47. The van der Waals surface area contributed by atoms with Crippen LogP contribution in [0.3, 0.4) is 0 Å². The molecule has 0 bridgehead atoms. The molecule has 2 aromatic carbocycles. The summed E-state index contributed by atoms with van der Waals surface area (Å²) in [5.74, 6) is 0.862. The molecule has 0 atom stereocenters. The third-order valence-electron chi connectivity index (χ3n) is 8.53. The average Bonchev–Trinajstić information content (AvgIpc) is 3.46. The first-order valence-electron chi connectivity index (χ1n) is 15.4. The van der Waals surface area contributed by atoms with Gasteiger partial charge in [0, 0.05) is 60.3 Å². The molecule has 0 amide bonds. The van der Waals surface area contributed by atoms with E-state index in [0.717, 1.165) is 4.90 Å². The summed E-state index contributed by atoms with van der Waals surface area (Å²) in [6, 6.07) is 6.83. The van der Waals surface area contributed by atoms with Gasteiger partial charge in [0.2, 0.25) is 5.95 Å². The molecule has 6 rings (SSSR count). The Kier molecular flexibility index (Phi) is 9.07. The molecule has 3 aromatic heterocycles. The van der Waals surface area contributed by atoms with Crippen LogP contribution in [0.25, 0.3) is 22.2 Å². The first kappa shape index (κ1) is 36.8. The lowest BCUT2D eigenvalue weighted by atomic mass is 9.30. The van der Waals surface area contributed by atoms with E-state index in [4.69, 9.17) is 77.2 Å². The van der Waals surface area contributed by atoms with Gasteiger partial charge in [-0.2, -0.15) is 10.1 Å². The van der Waals surface area contributed by atoms with Crippen molar-refractivity contribution in [1.82, 2.24) is 29.7 Å². The summed E-state index contributed by atoms with van der Waals surface area (Å²) >= 11 is 0. The topological polar surface area (TPSA) is 132 Å². The molecule has 1 saturated heterocycles. The molecule has 0 aliphatic carbocycles. The van der Waals surface area contributed by atoms with Crippen molar-refractivity contribution in [2.45, 2.75) is 28.4 Å². The summed E-state index contributed by atoms with van der Waals surface area (Å²) in [5, 5.41) is 2.11. The molecule has 1 fully saturated rings. The molecule has 0 unspecified atom stereocenters. The number of ether oxygens (including phenoxy) is 2. The summed E-state index contributed by atoms with van der Waals surface area (Å²) in [6.07, 6.45) is 8.09. The van der Waals surface area contributed by atoms with E-state index in [1.165, 1.54) is 7.11 Å². The lowest BCUT2D eigenvalue weighted by molar-refractivity contribution is -0.0253. The van der Waals surface area contributed by atoms with Crippen molar-refractivity contribution < 1.29 is 14.0 Å². The van der Waals surface area contributed by atoms with Crippen molar-refractivity contribution in [3.63, 3.8) is 0 Å². The number of methoxy groups -OCH3 is 1. The minimum absolute atomic E-state index is 0.173. The van der Waals surface area contributed by atoms with Crippen LogP contribution in [0, 0.1) is 6.92 Å². The Morgan fingerprint density at radius 1 is 0.882 bits per heavy atom. The maximum absolute atomic E-state index is 13.5. The van der Waals surface area contributed by atoms with E-state index >= 15 is 0 Å². The molecule has 21 heteroatoms. The maximum Gasteiger partial charge on any atom is 0.229 e. The summed E-state index contributed by atoms with van der Waals surface area (Å²) < 4.78 is 26.3. The van der Waals surface area contributed by atoms with Crippen LogP contribution >= 0.6 is 7.14 Å². The number of hydrogen-bond donors (Lipinski definition) is 2. The fraction of sp³-hybridized carbons (Fsp3) is 0.300. The number of benzene rings is 2. The van der Waals surface area contributed by atoms with Gasteiger partial charge < -0.3 is 29.6 Å². The number of aromatic nitrogens is 6. The zero-order valence-electron chi connectivity index (χ0n) is 28.6. The molecule has 0 spiro atoms. The predicted molar refractivity (Wildman–Crippen MR) is 208 cm³/mol. The predicted octanol–water partition coefficient (Wildman–Crippen LogP) is 0.672. The van der Waals surface area contributed by atoms with Gasteiger partial charge in [0.1, 0.15) is 55.6 Å². The lowest BCUT2D eigenvalue weighted by Crippen LogP contribution is -2.86. The summed E-state index contributed by atoms with van der Waals surface area (Å²) in [5.41, 5.74) is 4.00. The SMILES string of the molecule is [B]C1([B])OC([B])([B])C([B])([B])N(c2cc(OC)c(Nc3ncc(C)c(Nc4ccc5nccnc5c4P(C)(C)=O)n3)cc2-c2cnn(C)c2)C1([B])[B]. The van der Waals surface area contributed by atoms with E-state index in [2.05, 4.69) is 30.7 Å². The molecular formula is C30H26B8N9O3P. The Hall–Kier alpha value is -4.02. The number of anilines is 5. The molecule has 238 valence electrons. The highest BCUT2D eigenvalue weighted by atomic mass is 31.2. The highest BCUT2D eigenvalue weighted by Gasteiger charge is 2.57. The number of hydrogen-bond acceptors (Lipinski definition) is 11. The van der Waals surface area contributed by atoms with Crippen LogP contribution in [-0.2, 0) is 16.3 Å². The van der Waals surface area contributed by atoms with Crippen molar-refractivity contribution in [1.29, 1.82) is 0 Å². The molecule has 1 aliphatic heterocycles. The molecule has 51 heavy (non-hydrogen) atoms. The van der Waals surface area contributed by atoms with Crippen molar-refractivity contribution >= 4 is 115 Å². The van der Waals surface area contributed by atoms with Gasteiger partial charge in [0.05, 0.1) is 66.9 Å². The number of rotatable bonds is 8. The second-order valence-corrected chi connectivity index (χ2v) is 16.0. The Morgan fingerprint density at radius 3 is 2.16 bits per heavy atom. The van der Waals surface area contributed by atoms with Crippen molar-refractivity contribution in [3.8, 4) is 16.9 Å². The van der Waals surface area contributed by atoms with Gasteiger partial charge in [-0.05, 0) is 59.9 Å². The van der Waals surface area contributed by atoms with Crippen molar-refractivity contribution in [2.24, 2.45) is 7.05 Å². The van der Waals surface area contributed by atoms with Crippen LogP contribution in [0.5, 0.6) is 5.75 Å². The molecule has 12 nitrogen and oxygen atoms in total. The maximum atomic E-state index is 13.5. The van der Waals surface area contributed by atoms with Crippen molar-refractivity contribution in [3.05, 3.63) is 60.8 Å². The largest absolute Gasteiger partial charge is 0.494 e. The highest BCUT2D eigenvalue weighted by molar-refractivity contribution is 7.71. The van der Waals surface area contributed by atoms with E-state index in [1.54, 1.807) is 80.3 Å². The minimum Gasteiger partial charge on any atom is -0.494 e. The number of fused-ring (bicyclic) bond motifs is 1. The van der Waals surface area contributed by atoms with E-state index in [9.17, 15) is 4.57 Å². The first-order valence-corrected chi connectivity index (χ1v) is 18.0. The standard InChI is InChI=1S/C30H26B8N9O3P/c1-15-12-41-26(45-25(15)43-19-7-6-18-23(40-9-8-39-18)24(19)51(4,5)48)44-20-10-17(16-13-42-46(2)14-16)21(11-22(20)49-3)47-27(31,32)29(35,36)50-30(37,38)28(47,33)34/h6-14H,1-5H3,(H2,41,43,44,45). The van der Waals surface area contributed by atoms with E-state index < -0.39 is 28.6 Å². The summed E-state index contributed by atoms with van der Waals surface area (Å²) in [7, 11) is 51.3. The van der Waals surface area contributed by atoms with Gasteiger partial charge in [-0.1, -0.05) is 0 Å². The Morgan fingerprint density at radius 2 is 1.55 bits per heavy atom. The van der Waals surface area contributed by atoms with Gasteiger partial charge in [-0.3, -0.25) is 14.6 Å². The fourth-order valence-electron chi connectivity index (χ4n) is 5.85. The number of morpholine rings is 1. The van der Waals surface area contributed by atoms with E-state index in [1.807, 2.05) is 6.92 Å². The summed E-state index contributed by atoms with van der Waals surface area (Å²) in [4.78, 5) is 19.2. The second-order valence-electron chi connectivity index (χ2n) is 12.9. The van der Waals surface area contributed by atoms with Crippen LogP contribution in [0.1, 0.15) is 5.56 Å². The third-order valence-corrected chi connectivity index (χ3v) is 10.1. The Bertz CT molecular complexity index is 2190. The van der Waals surface area contributed by atoms with E-state index in [0.29, 0.717) is 50.2 Å². The smallest absolute Gasteiger partial charge is 0.229 e. The summed E-state index contributed by atoms with van der Waals surface area (Å²) in [6.45, 7) is 5.19. The van der Waals surface area contributed by atoms with Gasteiger partial charge in [-0.25, -0.2) is 4.98 Å². The molecule has 5 aromatic rings. The molecule has 2 N–H and O–H groups in total. The van der Waals surface area contributed by atoms with Gasteiger partial charge in [0.25, 0.3) is 0 Å². The highest BCUT2D eigenvalue weighted by Crippen LogP contribution is 2.49. The molecule has 4 heterocycles. The second kappa shape index (κ2) is 12.6. The number of aryl methyl sites for hydroxylation is 2. The quantitative estimate of drug-likeness (QED) is 0.178.